The second-order valence-electron chi connectivity index (χ2n) is 5.71. The molecule has 3 rings (SSSR count). The van der Waals surface area contributed by atoms with Gasteiger partial charge in [0.1, 0.15) is 5.69 Å². The van der Waals surface area contributed by atoms with Crippen LogP contribution in [-0.4, -0.2) is 27.5 Å². The molecule has 0 atom stereocenters. The summed E-state index contributed by atoms with van der Waals surface area (Å²) >= 11 is 0. The van der Waals surface area contributed by atoms with Crippen molar-refractivity contribution >= 4 is 11.7 Å². The monoisotopic (exact) mass is 312 g/mol. The van der Waals surface area contributed by atoms with E-state index < -0.39 is 0 Å². The van der Waals surface area contributed by atoms with Gasteiger partial charge in [-0.1, -0.05) is 19.3 Å². The van der Waals surface area contributed by atoms with E-state index in [0.717, 1.165) is 0 Å². The summed E-state index contributed by atoms with van der Waals surface area (Å²) in [6, 6.07) is 3.62. The van der Waals surface area contributed by atoms with Crippen LogP contribution in [0.15, 0.2) is 36.9 Å². The Morgan fingerprint density at radius 2 is 2.04 bits per heavy atom. The van der Waals surface area contributed by atoms with Gasteiger partial charge in [0, 0.05) is 18.6 Å². The molecular weight excluding hydrogens is 292 g/mol. The lowest BCUT2D eigenvalue weighted by atomic mass is 9.90. The van der Waals surface area contributed by atoms with Crippen LogP contribution in [0.25, 0.3) is 0 Å². The fourth-order valence-electron chi connectivity index (χ4n) is 2.75. The van der Waals surface area contributed by atoms with Crippen LogP contribution in [0.5, 0.6) is 5.75 Å². The van der Waals surface area contributed by atoms with Crippen LogP contribution in [-0.2, 0) is 0 Å². The molecule has 1 saturated carbocycles. The molecule has 1 N–H and O–H groups in total. The largest absolute Gasteiger partial charge is 0.489 e. The number of nitrogens with zero attached hydrogens (tertiary/aromatic N) is 3. The molecule has 0 aromatic carbocycles. The molecule has 2 aromatic rings. The number of ether oxygens (including phenoxy) is 1. The standard InChI is InChI=1S/C17H20N4O2/c22-17(14-11-18-9-10-19-14)21-16-15(7-4-8-20-16)23-12-13-5-2-1-3-6-13/h4,7-11,13H,1-3,5-6,12H2,(H,20,21,22). The van der Waals surface area contributed by atoms with E-state index in [2.05, 4.69) is 20.3 Å². The van der Waals surface area contributed by atoms with Crippen molar-refractivity contribution < 1.29 is 9.53 Å². The lowest BCUT2D eigenvalue weighted by molar-refractivity contribution is 0.102. The van der Waals surface area contributed by atoms with Gasteiger partial charge < -0.3 is 10.1 Å². The molecule has 1 amide bonds. The molecule has 2 heterocycles. The van der Waals surface area contributed by atoms with Crippen LogP contribution in [0.3, 0.4) is 0 Å². The van der Waals surface area contributed by atoms with Gasteiger partial charge in [-0.25, -0.2) is 9.97 Å². The predicted molar refractivity (Wildman–Crippen MR) is 86.3 cm³/mol. The lowest BCUT2D eigenvalue weighted by Crippen LogP contribution is -2.18. The maximum atomic E-state index is 12.2. The number of hydrogen-bond acceptors (Lipinski definition) is 5. The second-order valence-corrected chi connectivity index (χ2v) is 5.71. The number of amides is 1. The van der Waals surface area contributed by atoms with Crippen LogP contribution in [0.4, 0.5) is 5.82 Å². The first-order valence-corrected chi connectivity index (χ1v) is 7.98. The van der Waals surface area contributed by atoms with Crippen molar-refractivity contribution in [1.82, 2.24) is 15.0 Å². The number of carbonyl (C=O) groups is 1. The molecule has 6 heteroatoms. The van der Waals surface area contributed by atoms with Gasteiger partial charge in [0.25, 0.3) is 5.91 Å². The lowest BCUT2D eigenvalue weighted by Gasteiger charge is -2.22. The third-order valence-corrected chi connectivity index (χ3v) is 4.00. The first-order chi connectivity index (χ1) is 11.3. The Hall–Kier alpha value is -2.50. The first kappa shape index (κ1) is 15.4. The third kappa shape index (κ3) is 4.25. The SMILES string of the molecule is O=C(Nc1ncccc1OCC1CCCCC1)c1cnccn1. The van der Waals surface area contributed by atoms with Gasteiger partial charge in [0.2, 0.25) is 0 Å². The van der Waals surface area contributed by atoms with Crippen LogP contribution in [0, 0.1) is 5.92 Å². The average Bonchev–Trinajstić information content (AvgIpc) is 2.62. The van der Waals surface area contributed by atoms with Crippen LogP contribution in [0.1, 0.15) is 42.6 Å². The van der Waals surface area contributed by atoms with Gasteiger partial charge in [-0.2, -0.15) is 0 Å². The highest BCUT2D eigenvalue weighted by Crippen LogP contribution is 2.27. The Labute approximate surface area is 135 Å². The summed E-state index contributed by atoms with van der Waals surface area (Å²) in [5, 5.41) is 2.74. The number of nitrogens with one attached hydrogen (secondary N) is 1. The predicted octanol–water partition coefficient (Wildman–Crippen LogP) is 3.08. The second kappa shape index (κ2) is 7.67. The smallest absolute Gasteiger partial charge is 0.277 e. The van der Waals surface area contributed by atoms with E-state index in [1.54, 1.807) is 12.3 Å². The fourth-order valence-corrected chi connectivity index (χ4v) is 2.75. The zero-order chi connectivity index (χ0) is 15.9. The Kier molecular flexibility index (Phi) is 5.13. The number of pyridine rings is 1. The summed E-state index contributed by atoms with van der Waals surface area (Å²) < 4.78 is 5.90. The summed E-state index contributed by atoms with van der Waals surface area (Å²) in [6.45, 7) is 0.666. The van der Waals surface area contributed by atoms with Crippen molar-refractivity contribution in [1.29, 1.82) is 0 Å². The van der Waals surface area contributed by atoms with Gasteiger partial charge in [-0.05, 0) is 30.9 Å². The summed E-state index contributed by atoms with van der Waals surface area (Å²) in [4.78, 5) is 24.2. The summed E-state index contributed by atoms with van der Waals surface area (Å²) in [7, 11) is 0. The molecule has 6 nitrogen and oxygen atoms in total. The van der Waals surface area contributed by atoms with Gasteiger partial charge in [-0.15, -0.1) is 0 Å². The maximum Gasteiger partial charge on any atom is 0.277 e. The highest BCUT2D eigenvalue weighted by atomic mass is 16.5. The van der Waals surface area contributed by atoms with E-state index in [1.807, 2.05) is 6.07 Å². The molecule has 0 radical (unpaired) electrons. The Morgan fingerprint density at radius 3 is 2.83 bits per heavy atom. The van der Waals surface area contributed by atoms with Crippen molar-refractivity contribution in [3.05, 3.63) is 42.6 Å². The molecule has 1 aliphatic carbocycles. The van der Waals surface area contributed by atoms with E-state index in [4.69, 9.17) is 4.74 Å². The summed E-state index contributed by atoms with van der Waals surface area (Å²) in [6.07, 6.45) is 12.3. The van der Waals surface area contributed by atoms with E-state index in [9.17, 15) is 4.79 Å². The third-order valence-electron chi connectivity index (χ3n) is 4.00. The highest BCUT2D eigenvalue weighted by molar-refractivity contribution is 6.02. The molecule has 120 valence electrons. The minimum absolute atomic E-state index is 0.247. The van der Waals surface area contributed by atoms with Crippen molar-refractivity contribution in [2.45, 2.75) is 32.1 Å². The summed E-state index contributed by atoms with van der Waals surface area (Å²) in [5.41, 5.74) is 0.247. The minimum Gasteiger partial charge on any atom is -0.489 e. The quantitative estimate of drug-likeness (QED) is 0.918. The average molecular weight is 312 g/mol. The molecule has 0 unspecified atom stereocenters. The maximum absolute atomic E-state index is 12.2. The van der Waals surface area contributed by atoms with E-state index >= 15 is 0 Å². The molecule has 1 fully saturated rings. The van der Waals surface area contributed by atoms with Crippen LogP contribution in [0.2, 0.25) is 0 Å². The van der Waals surface area contributed by atoms with Gasteiger partial charge in [0.05, 0.1) is 12.8 Å². The highest BCUT2D eigenvalue weighted by Gasteiger charge is 2.16. The van der Waals surface area contributed by atoms with Gasteiger partial charge >= 0.3 is 0 Å². The molecule has 0 bridgehead atoms. The molecule has 0 aliphatic heterocycles. The fraction of sp³-hybridized carbons (Fsp3) is 0.412. The van der Waals surface area contributed by atoms with Crippen LogP contribution < -0.4 is 10.1 Å². The van der Waals surface area contributed by atoms with E-state index in [-0.39, 0.29) is 11.6 Å². The normalized spacial score (nSPS) is 15.1. The number of carbonyl (C=O) groups excluding carboxylic acids is 1. The Bertz CT molecular complexity index is 642. The minimum atomic E-state index is -0.348. The zero-order valence-corrected chi connectivity index (χ0v) is 12.9. The molecule has 0 spiro atoms. The molecular formula is C17H20N4O2. The number of hydrogen-bond donors (Lipinski definition) is 1. The van der Waals surface area contributed by atoms with E-state index in [1.165, 1.54) is 50.7 Å². The van der Waals surface area contributed by atoms with Crippen molar-refractivity contribution in [3.8, 4) is 5.75 Å². The zero-order valence-electron chi connectivity index (χ0n) is 12.9. The molecule has 2 aromatic heterocycles. The van der Waals surface area contributed by atoms with Crippen LogP contribution >= 0.6 is 0 Å². The van der Waals surface area contributed by atoms with Crippen molar-refractivity contribution in [2.75, 3.05) is 11.9 Å². The topological polar surface area (TPSA) is 77.0 Å². The number of aromatic nitrogens is 3. The van der Waals surface area contributed by atoms with Gasteiger partial charge in [0.15, 0.2) is 11.6 Å². The molecule has 0 saturated heterocycles. The van der Waals surface area contributed by atoms with E-state index in [0.29, 0.717) is 24.1 Å². The summed E-state index contributed by atoms with van der Waals surface area (Å²) in [5.74, 6) is 1.25. The molecule has 1 aliphatic rings. The Morgan fingerprint density at radius 1 is 1.17 bits per heavy atom. The number of anilines is 1. The van der Waals surface area contributed by atoms with Crippen molar-refractivity contribution in [2.24, 2.45) is 5.92 Å². The number of rotatable bonds is 5. The Balaban J connectivity index is 1.64. The van der Waals surface area contributed by atoms with Gasteiger partial charge in [-0.3, -0.25) is 9.78 Å². The van der Waals surface area contributed by atoms with Crippen molar-refractivity contribution in [3.63, 3.8) is 0 Å². The first-order valence-electron chi connectivity index (χ1n) is 7.98. The molecule has 23 heavy (non-hydrogen) atoms.